The van der Waals surface area contributed by atoms with Gasteiger partial charge in [-0.3, -0.25) is 4.98 Å². The second-order valence-corrected chi connectivity index (χ2v) is 7.16. The number of benzene rings is 2. The molecule has 3 rings (SSSR count). The van der Waals surface area contributed by atoms with Gasteiger partial charge in [0, 0.05) is 29.7 Å². The average Bonchev–Trinajstić information content (AvgIpc) is 2.60. The van der Waals surface area contributed by atoms with E-state index >= 15 is 0 Å². The number of hydrogen-bond acceptors (Lipinski definition) is 2. The van der Waals surface area contributed by atoms with E-state index in [1.54, 1.807) is 12.4 Å². The molecule has 3 aromatic rings. The summed E-state index contributed by atoms with van der Waals surface area (Å²) in [7, 11) is 0. The van der Waals surface area contributed by atoms with Gasteiger partial charge in [-0.1, -0.05) is 57.2 Å². The number of aromatic nitrogens is 1. The monoisotopic (exact) mass is 333 g/mol. The van der Waals surface area contributed by atoms with E-state index < -0.39 is 0 Å². The largest absolute Gasteiger partial charge is 0.334 e. The van der Waals surface area contributed by atoms with Gasteiger partial charge in [0.05, 0.1) is 5.69 Å². The zero-order chi connectivity index (χ0) is 17.9. The van der Waals surface area contributed by atoms with Crippen LogP contribution in [0.4, 0.5) is 10.5 Å². The fraction of sp³-hybridized carbons (Fsp3) is 0.238. The van der Waals surface area contributed by atoms with E-state index in [4.69, 9.17) is 0 Å². The van der Waals surface area contributed by atoms with Crippen molar-refractivity contribution in [1.82, 2.24) is 10.3 Å². The van der Waals surface area contributed by atoms with Crippen molar-refractivity contribution in [2.45, 2.75) is 32.7 Å². The molecular formula is C21H23N3O. The summed E-state index contributed by atoms with van der Waals surface area (Å²) >= 11 is 0. The third-order valence-electron chi connectivity index (χ3n) is 4.18. The van der Waals surface area contributed by atoms with Crippen LogP contribution >= 0.6 is 0 Å². The van der Waals surface area contributed by atoms with Crippen LogP contribution in [-0.4, -0.2) is 11.0 Å². The van der Waals surface area contributed by atoms with Crippen LogP contribution < -0.4 is 10.6 Å². The van der Waals surface area contributed by atoms with Crippen LogP contribution in [0.2, 0.25) is 0 Å². The molecule has 0 fully saturated rings. The first kappa shape index (κ1) is 17.0. The van der Waals surface area contributed by atoms with Gasteiger partial charge in [-0.05, 0) is 28.7 Å². The molecule has 0 radical (unpaired) electrons. The highest BCUT2D eigenvalue weighted by Crippen LogP contribution is 2.23. The molecule has 0 bridgehead atoms. The molecule has 0 aliphatic carbocycles. The topological polar surface area (TPSA) is 54.0 Å². The van der Waals surface area contributed by atoms with Gasteiger partial charge in [-0.15, -0.1) is 0 Å². The van der Waals surface area contributed by atoms with E-state index in [0.717, 1.165) is 22.0 Å². The second kappa shape index (κ2) is 6.93. The summed E-state index contributed by atoms with van der Waals surface area (Å²) < 4.78 is 0. The van der Waals surface area contributed by atoms with Crippen molar-refractivity contribution >= 4 is 22.5 Å². The lowest BCUT2D eigenvalue weighted by molar-refractivity contribution is 0.252. The van der Waals surface area contributed by atoms with Gasteiger partial charge in [0.1, 0.15) is 0 Å². The quantitative estimate of drug-likeness (QED) is 0.719. The Morgan fingerprint density at radius 1 is 1.08 bits per heavy atom. The van der Waals surface area contributed by atoms with Crippen LogP contribution in [0.3, 0.4) is 0 Å². The Labute approximate surface area is 148 Å². The molecule has 1 aromatic heterocycles. The summed E-state index contributed by atoms with van der Waals surface area (Å²) in [5, 5.41) is 7.82. The van der Waals surface area contributed by atoms with Gasteiger partial charge in [0.2, 0.25) is 0 Å². The predicted octanol–water partition coefficient (Wildman–Crippen LogP) is 4.85. The minimum atomic E-state index is -0.217. The van der Waals surface area contributed by atoms with Gasteiger partial charge in [-0.2, -0.15) is 0 Å². The normalized spacial score (nSPS) is 11.3. The number of hydrogen-bond donors (Lipinski definition) is 2. The zero-order valence-corrected chi connectivity index (χ0v) is 14.8. The van der Waals surface area contributed by atoms with E-state index in [0.29, 0.717) is 6.54 Å². The summed E-state index contributed by atoms with van der Waals surface area (Å²) in [6, 6.07) is 15.8. The van der Waals surface area contributed by atoms with Crippen LogP contribution in [0.1, 0.15) is 31.9 Å². The number of pyridine rings is 1. The third-order valence-corrected chi connectivity index (χ3v) is 4.18. The third kappa shape index (κ3) is 4.15. The van der Waals surface area contributed by atoms with Crippen LogP contribution in [0.15, 0.2) is 60.9 Å². The second-order valence-electron chi connectivity index (χ2n) is 7.16. The van der Waals surface area contributed by atoms with Crippen molar-refractivity contribution in [3.63, 3.8) is 0 Å². The maximum Gasteiger partial charge on any atom is 0.319 e. The van der Waals surface area contributed by atoms with E-state index in [1.807, 2.05) is 36.4 Å². The highest BCUT2D eigenvalue weighted by atomic mass is 16.2. The number of amides is 2. The maximum atomic E-state index is 12.3. The molecule has 0 spiro atoms. The van der Waals surface area contributed by atoms with Crippen LogP contribution in [0, 0.1) is 0 Å². The highest BCUT2D eigenvalue weighted by Gasteiger charge is 2.13. The highest BCUT2D eigenvalue weighted by molar-refractivity contribution is 6.01. The Morgan fingerprint density at radius 2 is 1.88 bits per heavy atom. The van der Waals surface area contributed by atoms with Crippen LogP contribution in [0.25, 0.3) is 10.8 Å². The summed E-state index contributed by atoms with van der Waals surface area (Å²) in [6.45, 7) is 7.03. The lowest BCUT2D eigenvalue weighted by Crippen LogP contribution is -2.28. The van der Waals surface area contributed by atoms with Gasteiger partial charge in [0.15, 0.2) is 0 Å². The first-order valence-electron chi connectivity index (χ1n) is 8.40. The van der Waals surface area contributed by atoms with Crippen LogP contribution in [0.5, 0.6) is 0 Å². The first-order valence-corrected chi connectivity index (χ1v) is 8.40. The Bertz CT molecular complexity index is 892. The molecule has 1 heterocycles. The van der Waals surface area contributed by atoms with E-state index in [2.05, 4.69) is 48.5 Å². The Kier molecular flexibility index (Phi) is 4.70. The van der Waals surface area contributed by atoms with E-state index in [-0.39, 0.29) is 11.4 Å². The minimum Gasteiger partial charge on any atom is -0.334 e. The lowest BCUT2D eigenvalue weighted by atomic mass is 9.86. The predicted molar refractivity (Wildman–Crippen MR) is 103 cm³/mol. The Hall–Kier alpha value is -2.88. The number of nitrogens with zero attached hydrogens (tertiary/aromatic N) is 1. The van der Waals surface area contributed by atoms with Gasteiger partial charge in [-0.25, -0.2) is 4.79 Å². The number of rotatable bonds is 3. The van der Waals surface area contributed by atoms with Crippen molar-refractivity contribution in [1.29, 1.82) is 0 Å². The Morgan fingerprint density at radius 3 is 2.68 bits per heavy atom. The maximum absolute atomic E-state index is 12.3. The van der Waals surface area contributed by atoms with Crippen molar-refractivity contribution in [2.75, 3.05) is 5.32 Å². The molecule has 4 nitrogen and oxygen atoms in total. The molecule has 0 atom stereocenters. The number of fused-ring (bicyclic) bond motifs is 1. The van der Waals surface area contributed by atoms with Crippen molar-refractivity contribution in [3.8, 4) is 0 Å². The summed E-state index contributed by atoms with van der Waals surface area (Å²) in [4.78, 5) is 16.4. The molecule has 0 saturated heterocycles. The summed E-state index contributed by atoms with van der Waals surface area (Å²) in [6.07, 6.45) is 3.51. The van der Waals surface area contributed by atoms with Crippen molar-refractivity contribution < 1.29 is 4.79 Å². The van der Waals surface area contributed by atoms with Crippen molar-refractivity contribution in [3.05, 3.63) is 72.1 Å². The standard InChI is InChI=1S/C21H23N3O/c1-21(2,3)17-8-4-6-15(12-17)13-23-20(25)24-19-9-5-7-16-14-22-11-10-18(16)19/h4-12,14H,13H2,1-3H3,(H2,23,24,25). The SMILES string of the molecule is CC(C)(C)c1cccc(CNC(=O)Nc2cccc3cnccc23)c1. The molecule has 2 N–H and O–H groups in total. The van der Waals surface area contributed by atoms with Crippen molar-refractivity contribution in [2.24, 2.45) is 0 Å². The van der Waals surface area contributed by atoms with Gasteiger partial charge in [0.25, 0.3) is 0 Å². The molecule has 4 heteroatoms. The number of anilines is 1. The molecule has 2 aromatic carbocycles. The molecule has 0 aliphatic heterocycles. The molecule has 2 amide bonds. The molecule has 0 aliphatic rings. The number of carbonyl (C=O) groups excluding carboxylic acids is 1. The zero-order valence-electron chi connectivity index (χ0n) is 14.8. The fourth-order valence-electron chi connectivity index (χ4n) is 2.73. The summed E-state index contributed by atoms with van der Waals surface area (Å²) in [5.41, 5.74) is 3.22. The first-order chi connectivity index (χ1) is 11.9. The number of nitrogens with one attached hydrogen (secondary N) is 2. The van der Waals surface area contributed by atoms with Gasteiger partial charge >= 0.3 is 6.03 Å². The van der Waals surface area contributed by atoms with E-state index in [1.165, 1.54) is 5.56 Å². The number of urea groups is 1. The number of carbonyl (C=O) groups is 1. The summed E-state index contributed by atoms with van der Waals surface area (Å²) in [5.74, 6) is 0. The molecule has 128 valence electrons. The smallest absolute Gasteiger partial charge is 0.319 e. The molecule has 25 heavy (non-hydrogen) atoms. The lowest BCUT2D eigenvalue weighted by Gasteiger charge is -2.20. The van der Waals surface area contributed by atoms with Gasteiger partial charge < -0.3 is 10.6 Å². The fourth-order valence-corrected chi connectivity index (χ4v) is 2.73. The molecular weight excluding hydrogens is 310 g/mol. The van der Waals surface area contributed by atoms with Crippen LogP contribution in [-0.2, 0) is 12.0 Å². The Balaban J connectivity index is 1.67. The van der Waals surface area contributed by atoms with E-state index in [9.17, 15) is 4.79 Å². The molecule has 0 saturated carbocycles. The minimum absolute atomic E-state index is 0.0925. The average molecular weight is 333 g/mol. The molecule has 0 unspecified atom stereocenters.